The van der Waals surface area contributed by atoms with Gasteiger partial charge in [-0.2, -0.15) is 0 Å². The van der Waals surface area contributed by atoms with Crippen molar-refractivity contribution in [3.05, 3.63) is 38.1 Å². The number of rotatable bonds is 2. The van der Waals surface area contributed by atoms with Crippen molar-refractivity contribution in [3.63, 3.8) is 0 Å². The number of hydrogen-bond acceptors (Lipinski definition) is 3. The fraction of sp³-hybridized carbons (Fsp3) is 0.143. The summed E-state index contributed by atoms with van der Waals surface area (Å²) in [6.07, 6.45) is 0. The molecule has 6 heteroatoms. The molecule has 1 aromatic rings. The first-order chi connectivity index (χ1) is 6.06. The lowest BCUT2D eigenvalue weighted by molar-refractivity contribution is -0.386. The number of nitrogens with zero attached hydrogens (tertiary/aromatic N) is 1. The molecule has 0 saturated carbocycles. The highest BCUT2D eigenvalue weighted by Crippen LogP contribution is 2.26. The Balaban J connectivity index is 3.33. The zero-order valence-electron chi connectivity index (χ0n) is 6.33. The van der Waals surface area contributed by atoms with Gasteiger partial charge in [-0.05, 0) is 22.0 Å². The van der Waals surface area contributed by atoms with Crippen LogP contribution in [0.3, 0.4) is 0 Å². The van der Waals surface area contributed by atoms with Gasteiger partial charge in [0.15, 0.2) is 0 Å². The monoisotopic (exact) mass is 249 g/mol. The maximum absolute atomic E-state index is 12.8. The van der Waals surface area contributed by atoms with Crippen molar-refractivity contribution in [2.24, 2.45) is 0 Å². The number of nitro benzene ring substituents is 1. The minimum absolute atomic E-state index is 0.0106. The van der Waals surface area contributed by atoms with Crippen molar-refractivity contribution < 1.29 is 14.4 Å². The molecule has 0 unspecified atom stereocenters. The molecule has 0 fully saturated rings. The maximum Gasteiger partial charge on any atom is 0.276 e. The summed E-state index contributed by atoms with van der Waals surface area (Å²) in [4.78, 5) is 9.72. The van der Waals surface area contributed by atoms with Crippen LogP contribution in [0, 0.1) is 15.9 Å². The second kappa shape index (κ2) is 3.80. The molecule has 0 aliphatic heterocycles. The van der Waals surface area contributed by atoms with Crippen LogP contribution in [0.4, 0.5) is 10.1 Å². The number of aliphatic hydroxyl groups excluding tert-OH is 1. The van der Waals surface area contributed by atoms with E-state index in [1.54, 1.807) is 0 Å². The summed E-state index contributed by atoms with van der Waals surface area (Å²) < 4.78 is 12.8. The van der Waals surface area contributed by atoms with Gasteiger partial charge in [-0.3, -0.25) is 10.1 Å². The highest BCUT2D eigenvalue weighted by atomic mass is 79.9. The summed E-state index contributed by atoms with van der Waals surface area (Å²) in [5.41, 5.74) is -0.332. The molecule has 0 aliphatic carbocycles. The highest BCUT2D eigenvalue weighted by Gasteiger charge is 2.16. The predicted octanol–water partition coefficient (Wildman–Crippen LogP) is 1.99. The van der Waals surface area contributed by atoms with E-state index in [2.05, 4.69) is 15.9 Å². The largest absolute Gasteiger partial charge is 0.391 e. The normalized spacial score (nSPS) is 10.1. The van der Waals surface area contributed by atoms with E-state index in [9.17, 15) is 14.5 Å². The summed E-state index contributed by atoms with van der Waals surface area (Å²) in [6.45, 7) is -0.555. The van der Waals surface area contributed by atoms with Crippen molar-refractivity contribution in [2.45, 2.75) is 6.61 Å². The molecule has 0 saturated heterocycles. The van der Waals surface area contributed by atoms with Gasteiger partial charge in [0, 0.05) is 6.07 Å². The Labute approximate surface area is 81.3 Å². The van der Waals surface area contributed by atoms with Crippen molar-refractivity contribution >= 4 is 21.6 Å². The van der Waals surface area contributed by atoms with Gasteiger partial charge >= 0.3 is 0 Å². The quantitative estimate of drug-likeness (QED) is 0.644. The van der Waals surface area contributed by atoms with E-state index in [1.165, 1.54) is 0 Å². The van der Waals surface area contributed by atoms with Crippen LogP contribution >= 0.6 is 15.9 Å². The standard InChI is InChI=1S/C7H5BrFNO3/c8-5-2-7(10(12)13)4(3-11)1-6(5)9/h1-2,11H,3H2. The number of hydrogen-bond donors (Lipinski definition) is 1. The summed E-state index contributed by atoms with van der Waals surface area (Å²) in [6, 6.07) is 1.96. The molecular weight excluding hydrogens is 245 g/mol. The Kier molecular flexibility index (Phi) is 2.94. The molecule has 1 rings (SSSR count). The molecule has 1 N–H and O–H groups in total. The molecule has 13 heavy (non-hydrogen) atoms. The first-order valence-electron chi connectivity index (χ1n) is 3.29. The summed E-state index contributed by atoms with van der Waals surface area (Å²) in [7, 11) is 0. The number of aliphatic hydroxyl groups is 1. The van der Waals surface area contributed by atoms with E-state index in [4.69, 9.17) is 5.11 Å². The average Bonchev–Trinajstić information content (AvgIpc) is 2.08. The van der Waals surface area contributed by atoms with E-state index in [-0.39, 0.29) is 15.7 Å². The van der Waals surface area contributed by atoms with Crippen LogP contribution in [0.2, 0.25) is 0 Å². The molecule has 0 heterocycles. The Morgan fingerprint density at radius 3 is 2.69 bits per heavy atom. The van der Waals surface area contributed by atoms with Crippen LogP contribution in [0.25, 0.3) is 0 Å². The Hall–Kier alpha value is -1.01. The number of benzene rings is 1. The van der Waals surface area contributed by atoms with Crippen molar-refractivity contribution in [1.29, 1.82) is 0 Å². The van der Waals surface area contributed by atoms with Crippen LogP contribution in [-0.2, 0) is 6.61 Å². The van der Waals surface area contributed by atoms with Gasteiger partial charge in [0.2, 0.25) is 0 Å². The Morgan fingerprint density at radius 1 is 1.62 bits per heavy atom. The molecule has 0 aromatic heterocycles. The Bertz CT molecular complexity index is 356. The lowest BCUT2D eigenvalue weighted by atomic mass is 10.2. The fourth-order valence-corrected chi connectivity index (χ4v) is 1.21. The van der Waals surface area contributed by atoms with Crippen LogP contribution in [0.5, 0.6) is 0 Å². The van der Waals surface area contributed by atoms with Gasteiger partial charge in [0.1, 0.15) is 5.82 Å². The molecule has 0 amide bonds. The van der Waals surface area contributed by atoms with Gasteiger partial charge in [0.25, 0.3) is 5.69 Å². The topological polar surface area (TPSA) is 63.4 Å². The maximum atomic E-state index is 12.8. The van der Waals surface area contributed by atoms with Crippen LogP contribution in [0.15, 0.2) is 16.6 Å². The van der Waals surface area contributed by atoms with Crippen molar-refractivity contribution in [1.82, 2.24) is 0 Å². The fourth-order valence-electron chi connectivity index (χ4n) is 0.874. The summed E-state index contributed by atoms with van der Waals surface area (Å²) in [5.74, 6) is -0.630. The van der Waals surface area contributed by atoms with Crippen molar-refractivity contribution in [3.8, 4) is 0 Å². The van der Waals surface area contributed by atoms with Crippen LogP contribution in [0.1, 0.15) is 5.56 Å². The highest BCUT2D eigenvalue weighted by molar-refractivity contribution is 9.10. The smallest absolute Gasteiger partial charge is 0.276 e. The molecular formula is C7H5BrFNO3. The molecule has 0 aliphatic rings. The van der Waals surface area contributed by atoms with E-state index < -0.39 is 17.3 Å². The molecule has 70 valence electrons. The SMILES string of the molecule is O=[N+]([O-])c1cc(Br)c(F)cc1CO. The third-order valence-electron chi connectivity index (χ3n) is 1.49. The Morgan fingerprint density at radius 2 is 2.23 bits per heavy atom. The van der Waals surface area contributed by atoms with E-state index >= 15 is 0 Å². The first kappa shape index (κ1) is 10.1. The molecule has 0 atom stereocenters. The van der Waals surface area contributed by atoms with Crippen LogP contribution < -0.4 is 0 Å². The molecule has 0 radical (unpaired) electrons. The van der Waals surface area contributed by atoms with Crippen LogP contribution in [-0.4, -0.2) is 10.0 Å². The lowest BCUT2D eigenvalue weighted by Crippen LogP contribution is -1.96. The van der Waals surface area contributed by atoms with Crippen molar-refractivity contribution in [2.75, 3.05) is 0 Å². The number of nitro groups is 1. The predicted molar refractivity (Wildman–Crippen MR) is 46.7 cm³/mol. The zero-order chi connectivity index (χ0) is 10.0. The second-order valence-electron chi connectivity index (χ2n) is 2.31. The van der Waals surface area contributed by atoms with E-state index in [1.807, 2.05) is 0 Å². The van der Waals surface area contributed by atoms with E-state index in [0.717, 1.165) is 12.1 Å². The average molecular weight is 250 g/mol. The molecule has 0 bridgehead atoms. The second-order valence-corrected chi connectivity index (χ2v) is 3.16. The van der Waals surface area contributed by atoms with Gasteiger partial charge in [-0.15, -0.1) is 0 Å². The minimum Gasteiger partial charge on any atom is -0.391 e. The third-order valence-corrected chi connectivity index (χ3v) is 2.10. The van der Waals surface area contributed by atoms with Gasteiger partial charge in [0.05, 0.1) is 21.6 Å². The summed E-state index contributed by atoms with van der Waals surface area (Å²) >= 11 is 2.82. The zero-order valence-corrected chi connectivity index (χ0v) is 7.91. The number of halogens is 2. The lowest BCUT2D eigenvalue weighted by Gasteiger charge is -2.00. The first-order valence-corrected chi connectivity index (χ1v) is 4.08. The van der Waals surface area contributed by atoms with E-state index in [0.29, 0.717) is 0 Å². The van der Waals surface area contributed by atoms with Gasteiger partial charge in [-0.25, -0.2) is 4.39 Å². The summed E-state index contributed by atoms with van der Waals surface area (Å²) in [5, 5.41) is 19.1. The van der Waals surface area contributed by atoms with Gasteiger partial charge < -0.3 is 5.11 Å². The molecule has 0 spiro atoms. The molecule has 4 nitrogen and oxygen atoms in total. The van der Waals surface area contributed by atoms with Gasteiger partial charge in [-0.1, -0.05) is 0 Å². The molecule has 1 aromatic carbocycles. The third kappa shape index (κ3) is 2.02. The minimum atomic E-state index is -0.671.